The van der Waals surface area contributed by atoms with Gasteiger partial charge in [0.25, 0.3) is 0 Å². The quantitative estimate of drug-likeness (QED) is 0.688. The van der Waals surface area contributed by atoms with Crippen LogP contribution in [0.3, 0.4) is 0 Å². The van der Waals surface area contributed by atoms with Gasteiger partial charge in [0.05, 0.1) is 24.0 Å². The second kappa shape index (κ2) is 6.17. The normalized spacial score (nSPS) is 10.4. The zero-order valence-electron chi connectivity index (χ0n) is 12.1. The van der Waals surface area contributed by atoms with Crippen LogP contribution in [0.1, 0.15) is 6.92 Å². The molecule has 0 atom stereocenters. The molecule has 1 heterocycles. The molecular formula is C16H16N4O2. The molecule has 0 fully saturated rings. The predicted molar refractivity (Wildman–Crippen MR) is 86.3 cm³/mol. The Hall–Kier alpha value is -3.02. The Balaban J connectivity index is 1.72. The minimum Gasteiger partial charge on any atom is -0.492 e. The summed E-state index contributed by atoms with van der Waals surface area (Å²) in [5.41, 5.74) is 2.18. The molecule has 0 bridgehead atoms. The molecule has 3 N–H and O–H groups in total. The van der Waals surface area contributed by atoms with Gasteiger partial charge in [-0.2, -0.15) is 5.10 Å². The number of ether oxygens (including phenoxy) is 1. The molecule has 1 aromatic heterocycles. The molecule has 2 amide bonds. The number of fused-ring (bicyclic) bond motifs is 1. The standard InChI is InChI=1S/C16H16N4O2/c1-2-22-15-6-4-3-5-13(15)19-16(21)18-12-8-7-11-10-17-20-14(11)9-12/h3-10H,2H2,1H3,(H,17,20)(H2,18,19,21). The highest BCUT2D eigenvalue weighted by atomic mass is 16.5. The Morgan fingerprint density at radius 3 is 2.95 bits per heavy atom. The van der Waals surface area contributed by atoms with E-state index in [1.54, 1.807) is 12.3 Å². The van der Waals surface area contributed by atoms with Crippen LogP contribution in [0.25, 0.3) is 10.9 Å². The van der Waals surface area contributed by atoms with Crippen molar-refractivity contribution in [1.82, 2.24) is 10.2 Å². The number of amides is 2. The van der Waals surface area contributed by atoms with Crippen molar-refractivity contribution in [3.63, 3.8) is 0 Å². The summed E-state index contributed by atoms with van der Waals surface area (Å²) >= 11 is 0. The maximum atomic E-state index is 12.1. The van der Waals surface area contributed by atoms with Crippen molar-refractivity contribution < 1.29 is 9.53 Å². The fourth-order valence-electron chi connectivity index (χ4n) is 2.15. The minimum absolute atomic E-state index is 0.328. The van der Waals surface area contributed by atoms with Gasteiger partial charge in [0.15, 0.2) is 0 Å². The van der Waals surface area contributed by atoms with Crippen LogP contribution in [0.5, 0.6) is 5.75 Å². The van der Waals surface area contributed by atoms with Crippen LogP contribution in [0, 0.1) is 0 Å². The van der Waals surface area contributed by atoms with Crippen molar-refractivity contribution in [2.45, 2.75) is 6.92 Å². The zero-order chi connectivity index (χ0) is 15.4. The van der Waals surface area contributed by atoms with Gasteiger partial charge in [-0.3, -0.25) is 5.10 Å². The number of hydrogen-bond donors (Lipinski definition) is 3. The second-order valence-electron chi connectivity index (χ2n) is 4.68. The van der Waals surface area contributed by atoms with Crippen molar-refractivity contribution in [3.05, 3.63) is 48.7 Å². The predicted octanol–water partition coefficient (Wildman–Crippen LogP) is 3.61. The molecule has 0 saturated carbocycles. The summed E-state index contributed by atoms with van der Waals surface area (Å²) in [4.78, 5) is 12.1. The highest BCUT2D eigenvalue weighted by Gasteiger charge is 2.08. The van der Waals surface area contributed by atoms with E-state index in [-0.39, 0.29) is 6.03 Å². The Labute approximate surface area is 127 Å². The number of nitrogens with one attached hydrogen (secondary N) is 3. The van der Waals surface area contributed by atoms with Gasteiger partial charge in [0.2, 0.25) is 0 Å². The monoisotopic (exact) mass is 296 g/mol. The summed E-state index contributed by atoms with van der Waals surface area (Å²) in [6, 6.07) is 12.5. The molecule has 112 valence electrons. The summed E-state index contributed by atoms with van der Waals surface area (Å²) in [5.74, 6) is 0.643. The average Bonchev–Trinajstić information content (AvgIpc) is 2.97. The number of rotatable bonds is 4. The summed E-state index contributed by atoms with van der Waals surface area (Å²) in [5, 5.41) is 13.4. The lowest BCUT2D eigenvalue weighted by Crippen LogP contribution is -2.19. The van der Waals surface area contributed by atoms with E-state index in [1.165, 1.54) is 0 Å². The third-order valence-corrected chi connectivity index (χ3v) is 3.13. The van der Waals surface area contributed by atoms with E-state index in [9.17, 15) is 4.79 Å². The Morgan fingerprint density at radius 1 is 1.23 bits per heavy atom. The van der Waals surface area contributed by atoms with Crippen LogP contribution in [0.2, 0.25) is 0 Å². The van der Waals surface area contributed by atoms with Crippen molar-refractivity contribution in [1.29, 1.82) is 0 Å². The maximum Gasteiger partial charge on any atom is 0.323 e. The molecule has 6 nitrogen and oxygen atoms in total. The number of nitrogens with zero attached hydrogens (tertiary/aromatic N) is 1. The van der Waals surface area contributed by atoms with Gasteiger partial charge in [0, 0.05) is 11.1 Å². The number of aromatic nitrogens is 2. The molecule has 0 saturated heterocycles. The van der Waals surface area contributed by atoms with E-state index in [0.29, 0.717) is 23.7 Å². The molecule has 0 radical (unpaired) electrons. The van der Waals surface area contributed by atoms with Crippen LogP contribution >= 0.6 is 0 Å². The first kappa shape index (κ1) is 13.9. The van der Waals surface area contributed by atoms with Crippen molar-refractivity contribution in [2.75, 3.05) is 17.2 Å². The maximum absolute atomic E-state index is 12.1. The fourth-order valence-corrected chi connectivity index (χ4v) is 2.15. The summed E-state index contributed by atoms with van der Waals surface area (Å²) in [7, 11) is 0. The van der Waals surface area contributed by atoms with Gasteiger partial charge in [-0.25, -0.2) is 4.79 Å². The summed E-state index contributed by atoms with van der Waals surface area (Å²) in [6.45, 7) is 2.44. The van der Waals surface area contributed by atoms with Crippen molar-refractivity contribution >= 4 is 28.3 Å². The summed E-state index contributed by atoms with van der Waals surface area (Å²) < 4.78 is 5.48. The number of hydrogen-bond acceptors (Lipinski definition) is 3. The van der Waals surface area contributed by atoms with Crippen LogP contribution in [0.4, 0.5) is 16.2 Å². The number of H-pyrrole nitrogens is 1. The summed E-state index contributed by atoms with van der Waals surface area (Å²) in [6.07, 6.45) is 1.73. The molecular weight excluding hydrogens is 280 g/mol. The van der Waals surface area contributed by atoms with Gasteiger partial charge in [-0.15, -0.1) is 0 Å². The van der Waals surface area contributed by atoms with Crippen molar-refractivity contribution in [3.8, 4) is 5.75 Å². The lowest BCUT2D eigenvalue weighted by atomic mass is 10.2. The van der Waals surface area contributed by atoms with E-state index in [0.717, 1.165) is 10.9 Å². The average molecular weight is 296 g/mol. The molecule has 3 rings (SSSR count). The zero-order valence-corrected chi connectivity index (χ0v) is 12.1. The topological polar surface area (TPSA) is 79.0 Å². The Morgan fingerprint density at radius 2 is 2.09 bits per heavy atom. The highest BCUT2D eigenvalue weighted by molar-refractivity contribution is 6.01. The number of carbonyl (C=O) groups excluding carboxylic acids is 1. The van der Waals surface area contributed by atoms with Crippen LogP contribution < -0.4 is 15.4 Å². The van der Waals surface area contributed by atoms with Gasteiger partial charge in [-0.05, 0) is 37.3 Å². The molecule has 2 aromatic carbocycles. The first-order chi connectivity index (χ1) is 10.8. The van der Waals surface area contributed by atoms with E-state index in [1.807, 2.05) is 43.3 Å². The smallest absolute Gasteiger partial charge is 0.323 e. The molecule has 0 aliphatic carbocycles. The minimum atomic E-state index is -0.328. The second-order valence-corrected chi connectivity index (χ2v) is 4.68. The number of carbonyl (C=O) groups is 1. The third-order valence-electron chi connectivity index (χ3n) is 3.13. The number of aromatic amines is 1. The Kier molecular flexibility index (Phi) is 3.91. The first-order valence-electron chi connectivity index (χ1n) is 6.99. The van der Waals surface area contributed by atoms with Crippen LogP contribution in [-0.4, -0.2) is 22.8 Å². The Bertz CT molecular complexity index is 797. The number of para-hydroxylation sites is 2. The van der Waals surface area contributed by atoms with Gasteiger partial charge < -0.3 is 15.4 Å². The van der Waals surface area contributed by atoms with Crippen LogP contribution in [-0.2, 0) is 0 Å². The molecule has 0 unspecified atom stereocenters. The lowest BCUT2D eigenvalue weighted by molar-refractivity contribution is 0.262. The van der Waals surface area contributed by atoms with E-state index < -0.39 is 0 Å². The van der Waals surface area contributed by atoms with Gasteiger partial charge in [-0.1, -0.05) is 12.1 Å². The number of urea groups is 1. The van der Waals surface area contributed by atoms with E-state index >= 15 is 0 Å². The van der Waals surface area contributed by atoms with E-state index in [2.05, 4.69) is 20.8 Å². The first-order valence-corrected chi connectivity index (χ1v) is 6.99. The van der Waals surface area contributed by atoms with Gasteiger partial charge >= 0.3 is 6.03 Å². The lowest BCUT2D eigenvalue weighted by Gasteiger charge is -2.12. The molecule has 0 aliphatic rings. The molecule has 0 aliphatic heterocycles. The molecule has 3 aromatic rings. The third kappa shape index (κ3) is 3.01. The highest BCUT2D eigenvalue weighted by Crippen LogP contribution is 2.24. The van der Waals surface area contributed by atoms with E-state index in [4.69, 9.17) is 4.74 Å². The fraction of sp³-hybridized carbons (Fsp3) is 0.125. The van der Waals surface area contributed by atoms with Gasteiger partial charge in [0.1, 0.15) is 5.75 Å². The van der Waals surface area contributed by atoms with Crippen LogP contribution in [0.15, 0.2) is 48.7 Å². The molecule has 22 heavy (non-hydrogen) atoms. The molecule has 0 spiro atoms. The SMILES string of the molecule is CCOc1ccccc1NC(=O)Nc1ccc2cn[nH]c2c1. The largest absolute Gasteiger partial charge is 0.492 e. The molecule has 6 heteroatoms. The van der Waals surface area contributed by atoms with Crippen molar-refractivity contribution in [2.24, 2.45) is 0 Å². The number of benzene rings is 2. The number of anilines is 2.